The number of anilines is 2. The maximum absolute atomic E-state index is 12.8. The fourth-order valence-corrected chi connectivity index (χ4v) is 4.39. The summed E-state index contributed by atoms with van der Waals surface area (Å²) in [4.78, 5) is 31.6. The number of benzene rings is 2. The molecule has 0 aliphatic carbocycles. The zero-order valence-corrected chi connectivity index (χ0v) is 17.8. The van der Waals surface area contributed by atoms with Crippen molar-refractivity contribution in [1.29, 1.82) is 0 Å². The van der Waals surface area contributed by atoms with Gasteiger partial charge in [0.05, 0.1) is 12.3 Å². The highest BCUT2D eigenvalue weighted by molar-refractivity contribution is 7.17. The molecule has 0 bridgehead atoms. The standard InChI is InChI=1S/C23H23N3O3S/c1-3-29-19-12-6-16(7-13-19)23-24-15(2)21(30-23)22(28)25-17-8-10-18(11-9-17)26-14-4-5-20(26)27/h6-13H,3-5,14H2,1-2H3,(H,25,28). The van der Waals surface area contributed by atoms with E-state index in [1.807, 2.05) is 62.4 Å². The molecule has 4 rings (SSSR count). The number of ether oxygens (including phenoxy) is 1. The Bertz CT molecular complexity index is 1060. The topological polar surface area (TPSA) is 71.5 Å². The molecule has 0 unspecified atom stereocenters. The van der Waals surface area contributed by atoms with E-state index in [0.29, 0.717) is 29.3 Å². The molecule has 2 aromatic carbocycles. The predicted octanol–water partition coefficient (Wildman–Crippen LogP) is 4.90. The van der Waals surface area contributed by atoms with Crippen LogP contribution in [0.1, 0.15) is 35.1 Å². The largest absolute Gasteiger partial charge is 0.494 e. The Balaban J connectivity index is 1.46. The molecule has 1 N–H and O–H groups in total. The van der Waals surface area contributed by atoms with E-state index in [1.165, 1.54) is 11.3 Å². The van der Waals surface area contributed by atoms with E-state index < -0.39 is 0 Å². The number of aromatic nitrogens is 1. The highest BCUT2D eigenvalue weighted by Crippen LogP contribution is 2.30. The van der Waals surface area contributed by atoms with Gasteiger partial charge in [0.2, 0.25) is 5.91 Å². The lowest BCUT2D eigenvalue weighted by Gasteiger charge is -2.16. The first kappa shape index (κ1) is 20.1. The third-order valence-electron chi connectivity index (χ3n) is 4.93. The van der Waals surface area contributed by atoms with Gasteiger partial charge in [0.15, 0.2) is 0 Å². The first-order valence-corrected chi connectivity index (χ1v) is 10.8. The van der Waals surface area contributed by atoms with Crippen LogP contribution in [0.5, 0.6) is 5.75 Å². The molecule has 2 heterocycles. The lowest BCUT2D eigenvalue weighted by Crippen LogP contribution is -2.23. The van der Waals surface area contributed by atoms with Crippen molar-refractivity contribution in [1.82, 2.24) is 4.98 Å². The molecule has 2 amide bonds. The minimum absolute atomic E-state index is 0.147. The lowest BCUT2D eigenvalue weighted by molar-refractivity contribution is -0.117. The Labute approximate surface area is 179 Å². The number of rotatable bonds is 6. The summed E-state index contributed by atoms with van der Waals surface area (Å²) >= 11 is 1.37. The molecule has 1 aliphatic rings. The quantitative estimate of drug-likeness (QED) is 0.615. The van der Waals surface area contributed by atoms with Crippen LogP contribution >= 0.6 is 11.3 Å². The van der Waals surface area contributed by atoms with Crippen molar-refractivity contribution in [3.63, 3.8) is 0 Å². The van der Waals surface area contributed by atoms with Gasteiger partial charge in [-0.2, -0.15) is 0 Å². The van der Waals surface area contributed by atoms with Gasteiger partial charge in [-0.05, 0) is 68.8 Å². The zero-order chi connectivity index (χ0) is 21.1. The average molecular weight is 422 g/mol. The molecule has 0 atom stereocenters. The Morgan fingerprint density at radius 1 is 1.17 bits per heavy atom. The molecular weight excluding hydrogens is 398 g/mol. The summed E-state index contributed by atoms with van der Waals surface area (Å²) in [6.07, 6.45) is 1.48. The van der Waals surface area contributed by atoms with E-state index in [-0.39, 0.29) is 11.8 Å². The molecule has 7 heteroatoms. The molecule has 3 aromatic rings. The number of aryl methyl sites for hydroxylation is 1. The van der Waals surface area contributed by atoms with E-state index >= 15 is 0 Å². The van der Waals surface area contributed by atoms with Crippen LogP contribution in [0.3, 0.4) is 0 Å². The van der Waals surface area contributed by atoms with Crippen molar-refractivity contribution in [2.75, 3.05) is 23.4 Å². The molecule has 30 heavy (non-hydrogen) atoms. The van der Waals surface area contributed by atoms with Crippen LogP contribution in [0.15, 0.2) is 48.5 Å². The van der Waals surface area contributed by atoms with Gasteiger partial charge in [0.25, 0.3) is 5.91 Å². The summed E-state index contributed by atoms with van der Waals surface area (Å²) in [6, 6.07) is 15.1. The molecule has 0 radical (unpaired) electrons. The van der Waals surface area contributed by atoms with Crippen LogP contribution in [-0.4, -0.2) is 29.9 Å². The van der Waals surface area contributed by atoms with Crippen LogP contribution in [0.4, 0.5) is 11.4 Å². The molecule has 1 saturated heterocycles. The van der Waals surface area contributed by atoms with Crippen molar-refractivity contribution in [2.24, 2.45) is 0 Å². The predicted molar refractivity (Wildman–Crippen MR) is 119 cm³/mol. The fraction of sp³-hybridized carbons (Fsp3) is 0.261. The number of hydrogen-bond acceptors (Lipinski definition) is 5. The summed E-state index contributed by atoms with van der Waals surface area (Å²) in [5.74, 6) is 0.771. The third kappa shape index (κ3) is 4.21. The van der Waals surface area contributed by atoms with Gasteiger partial charge < -0.3 is 15.0 Å². The van der Waals surface area contributed by atoms with Crippen LogP contribution < -0.4 is 15.0 Å². The van der Waals surface area contributed by atoms with Gasteiger partial charge in [-0.15, -0.1) is 11.3 Å². The van der Waals surface area contributed by atoms with Gasteiger partial charge in [-0.1, -0.05) is 0 Å². The molecule has 0 saturated carbocycles. The molecule has 1 aliphatic heterocycles. The summed E-state index contributed by atoms with van der Waals surface area (Å²) in [6.45, 7) is 5.16. The van der Waals surface area contributed by atoms with Crippen LogP contribution in [-0.2, 0) is 4.79 Å². The Kier molecular flexibility index (Phi) is 5.81. The van der Waals surface area contributed by atoms with Crippen molar-refractivity contribution in [3.8, 4) is 16.3 Å². The number of amides is 2. The molecule has 154 valence electrons. The number of carbonyl (C=O) groups is 2. The van der Waals surface area contributed by atoms with E-state index in [1.54, 1.807) is 4.90 Å². The summed E-state index contributed by atoms with van der Waals surface area (Å²) < 4.78 is 5.47. The molecule has 1 fully saturated rings. The second kappa shape index (κ2) is 8.67. The van der Waals surface area contributed by atoms with Gasteiger partial charge in [0.1, 0.15) is 15.6 Å². The summed E-state index contributed by atoms with van der Waals surface area (Å²) in [5, 5.41) is 3.72. The second-order valence-corrected chi connectivity index (χ2v) is 8.04. The molecule has 1 aromatic heterocycles. The zero-order valence-electron chi connectivity index (χ0n) is 17.0. The van der Waals surface area contributed by atoms with E-state index in [0.717, 1.165) is 35.0 Å². The minimum atomic E-state index is -0.188. The fourth-order valence-electron chi connectivity index (χ4n) is 3.42. The van der Waals surface area contributed by atoms with E-state index in [4.69, 9.17) is 4.74 Å². The third-order valence-corrected chi connectivity index (χ3v) is 6.13. The van der Waals surface area contributed by atoms with Gasteiger partial charge >= 0.3 is 0 Å². The van der Waals surface area contributed by atoms with Crippen molar-refractivity contribution < 1.29 is 14.3 Å². The highest BCUT2D eigenvalue weighted by atomic mass is 32.1. The number of thiazole rings is 1. The van der Waals surface area contributed by atoms with E-state index in [9.17, 15) is 9.59 Å². The average Bonchev–Trinajstić information content (AvgIpc) is 3.35. The second-order valence-electron chi connectivity index (χ2n) is 7.04. The van der Waals surface area contributed by atoms with Crippen LogP contribution in [0.25, 0.3) is 10.6 Å². The summed E-state index contributed by atoms with van der Waals surface area (Å²) in [7, 11) is 0. The maximum Gasteiger partial charge on any atom is 0.267 e. The first-order valence-electron chi connectivity index (χ1n) is 9.97. The van der Waals surface area contributed by atoms with Gasteiger partial charge in [-0.25, -0.2) is 4.98 Å². The Morgan fingerprint density at radius 2 is 1.90 bits per heavy atom. The van der Waals surface area contributed by atoms with Gasteiger partial charge in [-0.3, -0.25) is 9.59 Å². The van der Waals surface area contributed by atoms with Gasteiger partial charge in [0, 0.05) is 29.9 Å². The van der Waals surface area contributed by atoms with Crippen molar-refractivity contribution in [3.05, 3.63) is 59.1 Å². The minimum Gasteiger partial charge on any atom is -0.494 e. The Hall–Kier alpha value is -3.19. The number of carbonyl (C=O) groups excluding carboxylic acids is 2. The summed E-state index contributed by atoms with van der Waals surface area (Å²) in [5.41, 5.74) is 3.19. The SMILES string of the molecule is CCOc1ccc(-c2nc(C)c(C(=O)Nc3ccc(N4CCCC4=O)cc3)s2)cc1. The van der Waals surface area contributed by atoms with Crippen LogP contribution in [0, 0.1) is 6.92 Å². The number of nitrogens with zero attached hydrogens (tertiary/aromatic N) is 2. The van der Waals surface area contributed by atoms with Crippen molar-refractivity contribution in [2.45, 2.75) is 26.7 Å². The van der Waals surface area contributed by atoms with Crippen LogP contribution in [0.2, 0.25) is 0 Å². The molecule has 0 spiro atoms. The molecule has 6 nitrogen and oxygen atoms in total. The first-order chi connectivity index (χ1) is 14.5. The monoisotopic (exact) mass is 421 g/mol. The van der Waals surface area contributed by atoms with Crippen molar-refractivity contribution >= 4 is 34.5 Å². The number of nitrogens with one attached hydrogen (secondary N) is 1. The number of hydrogen-bond donors (Lipinski definition) is 1. The normalized spacial score (nSPS) is 13.5. The Morgan fingerprint density at radius 3 is 2.53 bits per heavy atom. The molecular formula is C23H23N3O3S. The highest BCUT2D eigenvalue weighted by Gasteiger charge is 2.22. The smallest absolute Gasteiger partial charge is 0.267 e. The maximum atomic E-state index is 12.8. The van der Waals surface area contributed by atoms with E-state index in [2.05, 4.69) is 10.3 Å². The lowest BCUT2D eigenvalue weighted by atomic mass is 10.2.